The first-order valence-corrected chi connectivity index (χ1v) is 5.05. The van der Waals surface area contributed by atoms with Crippen molar-refractivity contribution in [3.63, 3.8) is 0 Å². The molecule has 0 atom stereocenters. The Bertz CT molecular complexity index is 390. The molecule has 0 fully saturated rings. The lowest BCUT2D eigenvalue weighted by Crippen LogP contribution is -2.40. The van der Waals surface area contributed by atoms with E-state index < -0.39 is 0 Å². The summed E-state index contributed by atoms with van der Waals surface area (Å²) in [6.07, 6.45) is 0. The van der Waals surface area contributed by atoms with Crippen LogP contribution in [0.1, 0.15) is 12.5 Å². The van der Waals surface area contributed by atoms with Gasteiger partial charge < -0.3 is 15.3 Å². The maximum Gasteiger partial charge on any atom is 0.246 e. The average molecular weight is 206 g/mol. The van der Waals surface area contributed by atoms with Crippen LogP contribution in [0.15, 0.2) is 18.2 Å². The van der Waals surface area contributed by atoms with Gasteiger partial charge in [0.05, 0.1) is 24.5 Å². The van der Waals surface area contributed by atoms with Crippen LogP contribution in [-0.2, 0) is 11.4 Å². The van der Waals surface area contributed by atoms with Crippen molar-refractivity contribution in [2.75, 3.05) is 23.3 Å². The minimum Gasteiger partial charge on any atom is -0.392 e. The number of carbonyl (C=O) groups excluding carboxylic acids is 1. The summed E-state index contributed by atoms with van der Waals surface area (Å²) in [6, 6.07) is 5.60. The first-order chi connectivity index (χ1) is 7.27. The van der Waals surface area contributed by atoms with Gasteiger partial charge in [0.2, 0.25) is 5.91 Å². The smallest absolute Gasteiger partial charge is 0.246 e. The van der Waals surface area contributed by atoms with Gasteiger partial charge in [0.1, 0.15) is 0 Å². The van der Waals surface area contributed by atoms with Crippen molar-refractivity contribution in [2.24, 2.45) is 0 Å². The van der Waals surface area contributed by atoms with E-state index >= 15 is 0 Å². The molecule has 1 amide bonds. The van der Waals surface area contributed by atoms with Gasteiger partial charge in [-0.15, -0.1) is 0 Å². The SMILES string of the molecule is CCN1C(=O)CNc2c(CO)cccc21. The predicted octanol–water partition coefficient (Wildman–Crippen LogP) is 0.957. The molecule has 0 saturated heterocycles. The number of nitrogens with one attached hydrogen (secondary N) is 1. The molecule has 0 saturated carbocycles. The van der Waals surface area contributed by atoms with Crippen LogP contribution in [0.2, 0.25) is 0 Å². The molecule has 1 heterocycles. The van der Waals surface area contributed by atoms with Crippen molar-refractivity contribution in [2.45, 2.75) is 13.5 Å². The molecule has 80 valence electrons. The number of amides is 1. The van der Waals surface area contributed by atoms with Crippen LogP contribution < -0.4 is 10.2 Å². The van der Waals surface area contributed by atoms with Crippen molar-refractivity contribution in [1.82, 2.24) is 0 Å². The summed E-state index contributed by atoms with van der Waals surface area (Å²) in [5, 5.41) is 12.2. The molecule has 1 aromatic rings. The molecule has 0 unspecified atom stereocenters. The summed E-state index contributed by atoms with van der Waals surface area (Å²) in [5.74, 6) is 0.0695. The highest BCUT2D eigenvalue weighted by atomic mass is 16.3. The number of carbonyl (C=O) groups is 1. The third-order valence-electron chi connectivity index (χ3n) is 2.62. The van der Waals surface area contributed by atoms with Gasteiger partial charge in [-0.05, 0) is 13.0 Å². The molecular formula is C11H14N2O2. The second-order valence-corrected chi connectivity index (χ2v) is 3.46. The minimum absolute atomic E-state index is 0.0120. The third kappa shape index (κ3) is 1.57. The fourth-order valence-electron chi connectivity index (χ4n) is 1.89. The van der Waals surface area contributed by atoms with Crippen LogP contribution in [-0.4, -0.2) is 24.1 Å². The van der Waals surface area contributed by atoms with Gasteiger partial charge in [-0.1, -0.05) is 12.1 Å². The van der Waals surface area contributed by atoms with E-state index in [0.717, 1.165) is 16.9 Å². The Labute approximate surface area is 88.5 Å². The number of hydrogen-bond donors (Lipinski definition) is 2. The minimum atomic E-state index is -0.0120. The monoisotopic (exact) mass is 206 g/mol. The standard InChI is InChI=1S/C11H14N2O2/c1-2-13-9-5-3-4-8(7-14)11(9)12-6-10(13)15/h3-5,12,14H,2,6-7H2,1H3. The lowest BCUT2D eigenvalue weighted by molar-refractivity contribution is -0.117. The number of aliphatic hydroxyl groups excluding tert-OH is 1. The van der Waals surface area contributed by atoms with Crippen LogP contribution in [0, 0.1) is 0 Å². The highest BCUT2D eigenvalue weighted by Gasteiger charge is 2.23. The molecule has 4 heteroatoms. The van der Waals surface area contributed by atoms with Crippen molar-refractivity contribution in [3.8, 4) is 0 Å². The van der Waals surface area contributed by atoms with E-state index in [4.69, 9.17) is 0 Å². The summed E-state index contributed by atoms with van der Waals surface area (Å²) < 4.78 is 0. The summed E-state index contributed by atoms with van der Waals surface area (Å²) in [4.78, 5) is 13.3. The van der Waals surface area contributed by atoms with Crippen LogP contribution in [0.25, 0.3) is 0 Å². The zero-order chi connectivity index (χ0) is 10.8. The Morgan fingerprint density at radius 2 is 2.33 bits per heavy atom. The number of rotatable bonds is 2. The third-order valence-corrected chi connectivity index (χ3v) is 2.62. The van der Waals surface area contributed by atoms with Crippen LogP contribution in [0.3, 0.4) is 0 Å². The van der Waals surface area contributed by atoms with Crippen LogP contribution in [0.5, 0.6) is 0 Å². The molecule has 2 rings (SSSR count). The number of para-hydroxylation sites is 1. The maximum atomic E-state index is 11.6. The first kappa shape index (κ1) is 9.98. The number of benzene rings is 1. The second-order valence-electron chi connectivity index (χ2n) is 3.46. The van der Waals surface area contributed by atoms with Gasteiger partial charge in [-0.25, -0.2) is 0 Å². The Morgan fingerprint density at radius 1 is 1.53 bits per heavy atom. The molecule has 0 aromatic heterocycles. The molecule has 0 bridgehead atoms. The lowest BCUT2D eigenvalue weighted by atomic mass is 10.1. The van der Waals surface area contributed by atoms with Gasteiger partial charge in [0, 0.05) is 12.1 Å². The van der Waals surface area contributed by atoms with E-state index in [1.807, 2.05) is 25.1 Å². The average Bonchev–Trinajstić information content (AvgIpc) is 2.28. The van der Waals surface area contributed by atoms with Crippen molar-refractivity contribution >= 4 is 17.3 Å². The Kier molecular flexibility index (Phi) is 2.60. The fourth-order valence-corrected chi connectivity index (χ4v) is 1.89. The lowest BCUT2D eigenvalue weighted by Gasteiger charge is -2.30. The van der Waals surface area contributed by atoms with Crippen LogP contribution >= 0.6 is 0 Å². The summed E-state index contributed by atoms with van der Waals surface area (Å²) in [7, 11) is 0. The highest BCUT2D eigenvalue weighted by molar-refractivity contribution is 6.03. The Balaban J connectivity index is 2.50. The van der Waals surface area contributed by atoms with Crippen molar-refractivity contribution in [1.29, 1.82) is 0 Å². The topological polar surface area (TPSA) is 52.6 Å². The molecule has 2 N–H and O–H groups in total. The van der Waals surface area contributed by atoms with Gasteiger partial charge in [-0.3, -0.25) is 4.79 Å². The Morgan fingerprint density at radius 3 is 3.00 bits per heavy atom. The maximum absolute atomic E-state index is 11.6. The molecule has 4 nitrogen and oxygen atoms in total. The van der Waals surface area contributed by atoms with Gasteiger partial charge in [0.25, 0.3) is 0 Å². The second kappa shape index (κ2) is 3.90. The zero-order valence-electron chi connectivity index (χ0n) is 8.66. The van der Waals surface area contributed by atoms with Crippen molar-refractivity contribution < 1.29 is 9.90 Å². The van der Waals surface area contributed by atoms with E-state index in [1.54, 1.807) is 4.90 Å². The normalized spacial score (nSPS) is 14.8. The van der Waals surface area contributed by atoms with Crippen molar-refractivity contribution in [3.05, 3.63) is 23.8 Å². The number of nitrogens with zero attached hydrogens (tertiary/aromatic N) is 1. The van der Waals surface area contributed by atoms with Crippen LogP contribution in [0.4, 0.5) is 11.4 Å². The molecule has 15 heavy (non-hydrogen) atoms. The van der Waals surface area contributed by atoms with E-state index in [1.165, 1.54) is 0 Å². The number of hydrogen-bond acceptors (Lipinski definition) is 3. The predicted molar refractivity (Wildman–Crippen MR) is 58.9 cm³/mol. The fraction of sp³-hybridized carbons (Fsp3) is 0.364. The van der Waals surface area contributed by atoms with E-state index in [0.29, 0.717) is 13.1 Å². The first-order valence-electron chi connectivity index (χ1n) is 5.05. The summed E-state index contributed by atoms with van der Waals surface area (Å²) in [6.45, 7) is 2.89. The van der Waals surface area contributed by atoms with Gasteiger partial charge >= 0.3 is 0 Å². The molecule has 1 aliphatic rings. The zero-order valence-corrected chi connectivity index (χ0v) is 8.66. The Hall–Kier alpha value is -1.55. The number of aliphatic hydroxyl groups is 1. The quantitative estimate of drug-likeness (QED) is 0.757. The molecular weight excluding hydrogens is 192 g/mol. The molecule has 1 aliphatic heterocycles. The van der Waals surface area contributed by atoms with E-state index in [2.05, 4.69) is 5.32 Å². The number of fused-ring (bicyclic) bond motifs is 1. The number of anilines is 2. The summed E-state index contributed by atoms with van der Waals surface area (Å²) >= 11 is 0. The number of likely N-dealkylation sites (N-methyl/N-ethyl adjacent to an activating group) is 1. The van der Waals surface area contributed by atoms with E-state index in [-0.39, 0.29) is 12.5 Å². The molecule has 0 spiro atoms. The van der Waals surface area contributed by atoms with Gasteiger partial charge in [0.15, 0.2) is 0 Å². The highest BCUT2D eigenvalue weighted by Crippen LogP contribution is 2.32. The molecule has 0 aliphatic carbocycles. The van der Waals surface area contributed by atoms with E-state index in [9.17, 15) is 9.90 Å². The molecule has 0 radical (unpaired) electrons. The largest absolute Gasteiger partial charge is 0.392 e. The molecule has 1 aromatic carbocycles. The van der Waals surface area contributed by atoms with Gasteiger partial charge in [-0.2, -0.15) is 0 Å². The summed E-state index contributed by atoms with van der Waals surface area (Å²) in [5.41, 5.74) is 2.57.